The van der Waals surface area contributed by atoms with Gasteiger partial charge in [0.1, 0.15) is 0 Å². The summed E-state index contributed by atoms with van der Waals surface area (Å²) in [5.41, 5.74) is 0.594. The lowest BCUT2D eigenvalue weighted by Crippen LogP contribution is -2.44. The Bertz CT molecular complexity index is 434. The van der Waals surface area contributed by atoms with Gasteiger partial charge in [0.15, 0.2) is 0 Å². The van der Waals surface area contributed by atoms with Crippen molar-refractivity contribution < 1.29 is 14.6 Å². The molecule has 5 heteroatoms. The van der Waals surface area contributed by atoms with Crippen molar-refractivity contribution in [2.45, 2.75) is 31.7 Å². The third-order valence-corrected chi connectivity index (χ3v) is 3.54. The molecular formula is C14H20N2O3. The number of ether oxygens (including phenoxy) is 1. The first-order chi connectivity index (χ1) is 9.26. The highest BCUT2D eigenvalue weighted by Gasteiger charge is 2.27. The lowest BCUT2D eigenvalue weighted by Gasteiger charge is -2.35. The van der Waals surface area contributed by atoms with Crippen molar-refractivity contribution >= 4 is 5.91 Å². The second kappa shape index (κ2) is 6.52. The molecule has 19 heavy (non-hydrogen) atoms. The lowest BCUT2D eigenvalue weighted by atomic mass is 9.98. The number of nitrogens with zero attached hydrogens (tertiary/aromatic N) is 2. The van der Waals surface area contributed by atoms with E-state index in [1.165, 1.54) is 7.11 Å². The van der Waals surface area contributed by atoms with Gasteiger partial charge in [-0.2, -0.15) is 0 Å². The van der Waals surface area contributed by atoms with Gasteiger partial charge in [0.25, 0.3) is 5.91 Å². The molecular weight excluding hydrogens is 244 g/mol. The maximum Gasteiger partial charge on any atom is 0.254 e. The molecule has 2 rings (SSSR count). The minimum Gasteiger partial charge on any atom is -0.481 e. The molecule has 0 saturated carbocycles. The molecule has 0 aliphatic carbocycles. The Morgan fingerprint density at radius 2 is 2.42 bits per heavy atom. The van der Waals surface area contributed by atoms with E-state index in [1.54, 1.807) is 18.3 Å². The Kier molecular flexibility index (Phi) is 4.74. The molecule has 5 nitrogen and oxygen atoms in total. The van der Waals surface area contributed by atoms with Crippen LogP contribution >= 0.6 is 0 Å². The summed E-state index contributed by atoms with van der Waals surface area (Å²) in [4.78, 5) is 18.4. The first-order valence-electron chi connectivity index (χ1n) is 6.68. The highest BCUT2D eigenvalue weighted by atomic mass is 16.5. The summed E-state index contributed by atoms with van der Waals surface area (Å²) >= 11 is 0. The van der Waals surface area contributed by atoms with Crippen LogP contribution in [0.3, 0.4) is 0 Å². The summed E-state index contributed by atoms with van der Waals surface area (Å²) in [6.07, 6.45) is 5.34. The van der Waals surface area contributed by atoms with Gasteiger partial charge in [0, 0.05) is 37.0 Å². The van der Waals surface area contributed by atoms with Crippen LogP contribution in [0.15, 0.2) is 18.3 Å². The van der Waals surface area contributed by atoms with Crippen LogP contribution in [0.25, 0.3) is 0 Å². The quantitative estimate of drug-likeness (QED) is 0.894. The number of hydrogen-bond donors (Lipinski definition) is 1. The molecule has 104 valence electrons. The molecule has 0 radical (unpaired) electrons. The number of methoxy groups -OCH3 is 1. The van der Waals surface area contributed by atoms with Gasteiger partial charge >= 0.3 is 0 Å². The number of aromatic nitrogens is 1. The number of carbonyl (C=O) groups excluding carboxylic acids is 1. The largest absolute Gasteiger partial charge is 0.481 e. The standard InChI is InChI=1S/C14H20N2O3/c1-19-13-10-11(5-7-15-13)14(18)16-8-3-2-4-12(16)6-9-17/h5,7,10,12,17H,2-4,6,8-9H2,1H3. The normalized spacial score (nSPS) is 19.3. The summed E-state index contributed by atoms with van der Waals surface area (Å²) in [6.45, 7) is 0.877. The highest BCUT2D eigenvalue weighted by Crippen LogP contribution is 2.22. The average molecular weight is 264 g/mol. The van der Waals surface area contributed by atoms with Crippen molar-refractivity contribution in [1.29, 1.82) is 0 Å². The van der Waals surface area contributed by atoms with Gasteiger partial charge in [-0.05, 0) is 31.7 Å². The number of pyridine rings is 1. The fourth-order valence-corrected chi connectivity index (χ4v) is 2.54. The van der Waals surface area contributed by atoms with Gasteiger partial charge in [-0.15, -0.1) is 0 Å². The minimum absolute atomic E-state index is 0.00106. The molecule has 1 aliphatic heterocycles. The molecule has 0 aromatic carbocycles. The second-order valence-electron chi connectivity index (χ2n) is 4.75. The highest BCUT2D eigenvalue weighted by molar-refractivity contribution is 5.94. The molecule has 1 aromatic heterocycles. The Hall–Kier alpha value is -1.62. The number of hydrogen-bond acceptors (Lipinski definition) is 4. The summed E-state index contributed by atoms with van der Waals surface area (Å²) in [5, 5.41) is 9.10. The zero-order valence-electron chi connectivity index (χ0n) is 11.2. The molecule has 1 aromatic rings. The number of rotatable bonds is 4. The molecule has 1 N–H and O–H groups in total. The van der Waals surface area contributed by atoms with Crippen LogP contribution in [0.4, 0.5) is 0 Å². The van der Waals surface area contributed by atoms with Crippen LogP contribution in [-0.4, -0.2) is 47.2 Å². The van der Waals surface area contributed by atoms with Crippen molar-refractivity contribution in [2.24, 2.45) is 0 Å². The van der Waals surface area contributed by atoms with Gasteiger partial charge in [-0.25, -0.2) is 4.98 Å². The number of carbonyl (C=O) groups is 1. The SMILES string of the molecule is COc1cc(C(=O)N2CCCCC2CCO)ccn1. The number of likely N-dealkylation sites (tertiary alicyclic amines) is 1. The van der Waals surface area contributed by atoms with E-state index in [0.29, 0.717) is 17.9 Å². The fourth-order valence-electron chi connectivity index (χ4n) is 2.54. The Morgan fingerprint density at radius 1 is 1.58 bits per heavy atom. The van der Waals surface area contributed by atoms with E-state index in [9.17, 15) is 4.79 Å². The van der Waals surface area contributed by atoms with E-state index in [1.807, 2.05) is 4.90 Å². The average Bonchev–Trinajstić information content (AvgIpc) is 2.47. The molecule has 1 unspecified atom stereocenters. The van der Waals surface area contributed by atoms with E-state index in [4.69, 9.17) is 9.84 Å². The zero-order chi connectivity index (χ0) is 13.7. The predicted molar refractivity (Wildman–Crippen MR) is 71.2 cm³/mol. The van der Waals surface area contributed by atoms with E-state index in [-0.39, 0.29) is 18.6 Å². The molecule has 1 fully saturated rings. The van der Waals surface area contributed by atoms with Gasteiger partial charge in [-0.3, -0.25) is 4.79 Å². The molecule has 1 saturated heterocycles. The van der Waals surface area contributed by atoms with Crippen molar-refractivity contribution in [3.8, 4) is 5.88 Å². The van der Waals surface area contributed by atoms with Crippen LogP contribution < -0.4 is 4.74 Å². The number of aliphatic hydroxyl groups excluding tert-OH is 1. The van der Waals surface area contributed by atoms with Crippen molar-refractivity contribution in [3.05, 3.63) is 23.9 Å². The Morgan fingerprint density at radius 3 is 3.16 bits per heavy atom. The van der Waals surface area contributed by atoms with Crippen molar-refractivity contribution in [1.82, 2.24) is 9.88 Å². The van der Waals surface area contributed by atoms with Crippen LogP contribution in [0.2, 0.25) is 0 Å². The molecule has 1 amide bonds. The second-order valence-corrected chi connectivity index (χ2v) is 4.75. The Labute approximate surface area is 113 Å². The summed E-state index contributed by atoms with van der Waals surface area (Å²) in [5.74, 6) is 0.445. The smallest absolute Gasteiger partial charge is 0.254 e. The Balaban J connectivity index is 2.16. The van der Waals surface area contributed by atoms with E-state index in [2.05, 4.69) is 4.98 Å². The van der Waals surface area contributed by atoms with E-state index >= 15 is 0 Å². The first-order valence-corrected chi connectivity index (χ1v) is 6.68. The summed E-state index contributed by atoms with van der Waals surface area (Å²) in [7, 11) is 1.53. The van der Waals surface area contributed by atoms with Gasteiger partial charge in [-0.1, -0.05) is 0 Å². The monoisotopic (exact) mass is 264 g/mol. The van der Waals surface area contributed by atoms with Crippen molar-refractivity contribution in [2.75, 3.05) is 20.3 Å². The third-order valence-electron chi connectivity index (χ3n) is 3.54. The van der Waals surface area contributed by atoms with Crippen LogP contribution in [0.5, 0.6) is 5.88 Å². The van der Waals surface area contributed by atoms with Crippen LogP contribution in [-0.2, 0) is 0 Å². The number of amides is 1. The predicted octanol–water partition coefficient (Wildman–Crippen LogP) is 1.47. The lowest BCUT2D eigenvalue weighted by molar-refractivity contribution is 0.0574. The first kappa shape index (κ1) is 13.8. The van der Waals surface area contributed by atoms with Gasteiger partial charge in [0.2, 0.25) is 5.88 Å². The minimum atomic E-state index is -0.00106. The molecule has 2 heterocycles. The number of aliphatic hydroxyl groups is 1. The number of piperidine rings is 1. The molecule has 1 aliphatic rings. The molecule has 0 spiro atoms. The van der Waals surface area contributed by atoms with Gasteiger partial charge in [0.05, 0.1) is 7.11 Å². The van der Waals surface area contributed by atoms with E-state index in [0.717, 1.165) is 25.8 Å². The maximum absolute atomic E-state index is 12.5. The van der Waals surface area contributed by atoms with Gasteiger partial charge < -0.3 is 14.7 Å². The zero-order valence-corrected chi connectivity index (χ0v) is 11.2. The summed E-state index contributed by atoms with van der Waals surface area (Å²) < 4.78 is 5.04. The maximum atomic E-state index is 12.5. The molecule has 1 atom stereocenters. The van der Waals surface area contributed by atoms with Crippen molar-refractivity contribution in [3.63, 3.8) is 0 Å². The fraction of sp³-hybridized carbons (Fsp3) is 0.571. The van der Waals surface area contributed by atoms with Crippen LogP contribution in [0.1, 0.15) is 36.0 Å². The summed E-state index contributed by atoms with van der Waals surface area (Å²) in [6, 6.07) is 3.51. The molecule has 0 bridgehead atoms. The third kappa shape index (κ3) is 3.23. The topological polar surface area (TPSA) is 62.7 Å². The van der Waals surface area contributed by atoms with Crippen LogP contribution in [0, 0.1) is 0 Å². The van der Waals surface area contributed by atoms with E-state index < -0.39 is 0 Å².